The molecule has 0 unspecified atom stereocenters. The van der Waals surface area contributed by atoms with Crippen LogP contribution < -0.4 is 0 Å². The van der Waals surface area contributed by atoms with Gasteiger partial charge in [0.25, 0.3) is 0 Å². The summed E-state index contributed by atoms with van der Waals surface area (Å²) in [4.78, 5) is 14.5. The second-order valence-corrected chi connectivity index (χ2v) is 7.35. The maximum atomic E-state index is 12.5. The van der Waals surface area contributed by atoms with Crippen molar-refractivity contribution in [2.45, 2.75) is 52.4 Å². The van der Waals surface area contributed by atoms with Gasteiger partial charge in [0.15, 0.2) is 0 Å². The Bertz CT molecular complexity index is 675. The van der Waals surface area contributed by atoms with Crippen LogP contribution in [0.1, 0.15) is 52.2 Å². The summed E-state index contributed by atoms with van der Waals surface area (Å²) in [5.41, 5.74) is 1.95. The highest BCUT2D eigenvalue weighted by Crippen LogP contribution is 2.29. The summed E-state index contributed by atoms with van der Waals surface area (Å²) in [6.45, 7) is 7.39. The van der Waals surface area contributed by atoms with E-state index in [1.54, 1.807) is 11.3 Å². The minimum Gasteiger partial charge on any atom is -0.361 e. The molecule has 0 radical (unpaired) electrons. The van der Waals surface area contributed by atoms with Crippen LogP contribution in [0.2, 0.25) is 0 Å². The molecule has 0 aromatic carbocycles. The van der Waals surface area contributed by atoms with E-state index in [2.05, 4.69) is 15.4 Å². The Balaban J connectivity index is 1.59. The lowest BCUT2D eigenvalue weighted by Gasteiger charge is -2.31. The zero-order valence-corrected chi connectivity index (χ0v) is 14.7. The molecule has 1 atom stereocenters. The van der Waals surface area contributed by atoms with Crippen LogP contribution in [0.25, 0.3) is 0 Å². The summed E-state index contributed by atoms with van der Waals surface area (Å²) < 4.78 is 5.16. The van der Waals surface area contributed by atoms with Crippen molar-refractivity contribution in [3.63, 3.8) is 0 Å². The van der Waals surface area contributed by atoms with E-state index < -0.39 is 0 Å². The Morgan fingerprint density at radius 2 is 2.17 bits per heavy atom. The lowest BCUT2D eigenvalue weighted by atomic mass is 9.98. The van der Waals surface area contributed by atoms with Crippen molar-refractivity contribution in [3.8, 4) is 0 Å². The molecule has 0 saturated carbocycles. The van der Waals surface area contributed by atoms with E-state index in [4.69, 9.17) is 4.52 Å². The Kier molecular flexibility index (Phi) is 4.75. The van der Waals surface area contributed by atoms with Crippen molar-refractivity contribution in [3.05, 3.63) is 27.0 Å². The monoisotopic (exact) mass is 334 g/mol. The summed E-state index contributed by atoms with van der Waals surface area (Å²) in [7, 11) is 0. The molecule has 23 heavy (non-hydrogen) atoms. The van der Waals surface area contributed by atoms with Gasteiger partial charge in [-0.25, -0.2) is 0 Å². The van der Waals surface area contributed by atoms with E-state index >= 15 is 0 Å². The van der Waals surface area contributed by atoms with Gasteiger partial charge >= 0.3 is 0 Å². The molecule has 2 aromatic rings. The first kappa shape index (κ1) is 16.1. The number of aryl methyl sites for hydroxylation is 3. The first-order chi connectivity index (χ1) is 11.0. The minimum atomic E-state index is 0.205. The smallest absolute Gasteiger partial charge is 0.222 e. The maximum Gasteiger partial charge on any atom is 0.222 e. The van der Waals surface area contributed by atoms with Gasteiger partial charge in [-0.1, -0.05) is 5.16 Å². The molecule has 1 aliphatic heterocycles. The zero-order valence-electron chi connectivity index (χ0n) is 13.8. The molecule has 1 amide bonds. The Labute approximate surface area is 139 Å². The molecular formula is C16H22N4O2S. The van der Waals surface area contributed by atoms with Crippen molar-refractivity contribution >= 4 is 17.2 Å². The highest BCUT2D eigenvalue weighted by atomic mass is 32.1. The lowest BCUT2D eigenvalue weighted by Crippen LogP contribution is -2.39. The number of nitrogens with zero attached hydrogens (tertiary/aromatic N) is 4. The fourth-order valence-electron chi connectivity index (χ4n) is 3.13. The van der Waals surface area contributed by atoms with Crippen molar-refractivity contribution in [2.75, 3.05) is 13.1 Å². The standard InChI is InChI=1S/C16H22N4O2S/c1-10-14(11(2)22-19-10)6-7-15(21)20-8-4-5-13(9-20)16-18-17-12(3)23-16/h13H,4-9H2,1-3H3/t13-/m0/s1. The SMILES string of the molecule is Cc1nnc([C@H]2CCCN(C(=O)CCc3c(C)noc3C)C2)s1. The molecule has 0 spiro atoms. The van der Waals surface area contributed by atoms with Crippen molar-refractivity contribution in [1.82, 2.24) is 20.3 Å². The second-order valence-electron chi connectivity index (χ2n) is 6.14. The van der Waals surface area contributed by atoms with Gasteiger partial charge in [-0.05, 0) is 40.0 Å². The Hall–Kier alpha value is -1.76. The third-order valence-corrected chi connectivity index (χ3v) is 5.44. The molecule has 0 N–H and O–H groups in total. The average molecular weight is 334 g/mol. The van der Waals surface area contributed by atoms with Crippen LogP contribution in [0, 0.1) is 20.8 Å². The predicted octanol–water partition coefficient (Wildman–Crippen LogP) is 2.79. The van der Waals surface area contributed by atoms with Crippen molar-refractivity contribution < 1.29 is 9.32 Å². The minimum absolute atomic E-state index is 0.205. The number of carbonyl (C=O) groups excluding carboxylic acids is 1. The van der Waals surface area contributed by atoms with Crippen LogP contribution >= 0.6 is 11.3 Å². The van der Waals surface area contributed by atoms with Gasteiger partial charge < -0.3 is 9.42 Å². The fourth-order valence-corrected chi connectivity index (χ4v) is 3.96. The summed E-state index contributed by atoms with van der Waals surface area (Å²) in [6.07, 6.45) is 3.31. The molecule has 1 fully saturated rings. The molecular weight excluding hydrogens is 312 g/mol. The molecule has 6 nitrogen and oxygen atoms in total. The van der Waals surface area contributed by atoms with E-state index in [0.717, 1.165) is 53.0 Å². The zero-order chi connectivity index (χ0) is 16.4. The third kappa shape index (κ3) is 3.60. The maximum absolute atomic E-state index is 12.5. The number of rotatable bonds is 4. The van der Waals surface area contributed by atoms with Gasteiger partial charge in [-0.3, -0.25) is 4.79 Å². The van der Waals surface area contributed by atoms with E-state index in [-0.39, 0.29) is 5.91 Å². The van der Waals surface area contributed by atoms with Gasteiger partial charge in [0.2, 0.25) is 5.91 Å². The molecule has 7 heteroatoms. The first-order valence-corrected chi connectivity index (χ1v) is 8.85. The molecule has 124 valence electrons. The number of likely N-dealkylation sites (tertiary alicyclic amines) is 1. The number of piperidine rings is 1. The van der Waals surface area contributed by atoms with Crippen LogP contribution in [0.3, 0.4) is 0 Å². The number of amides is 1. The lowest BCUT2D eigenvalue weighted by molar-refractivity contribution is -0.132. The number of hydrogen-bond acceptors (Lipinski definition) is 6. The highest BCUT2D eigenvalue weighted by molar-refractivity contribution is 7.11. The van der Waals surface area contributed by atoms with Gasteiger partial charge in [0, 0.05) is 31.0 Å². The van der Waals surface area contributed by atoms with Crippen molar-refractivity contribution in [2.24, 2.45) is 0 Å². The van der Waals surface area contributed by atoms with Gasteiger partial charge in [-0.15, -0.1) is 21.5 Å². The summed E-state index contributed by atoms with van der Waals surface area (Å²) in [5, 5.41) is 14.3. The largest absolute Gasteiger partial charge is 0.361 e. The summed E-state index contributed by atoms with van der Waals surface area (Å²) >= 11 is 1.64. The molecule has 2 aromatic heterocycles. The Morgan fingerprint density at radius 1 is 1.35 bits per heavy atom. The molecule has 1 saturated heterocycles. The second kappa shape index (κ2) is 6.78. The number of aromatic nitrogens is 3. The predicted molar refractivity (Wildman–Crippen MR) is 87.5 cm³/mol. The van der Waals surface area contributed by atoms with E-state index in [1.807, 2.05) is 25.7 Å². The van der Waals surface area contributed by atoms with Crippen LogP contribution in [0.4, 0.5) is 0 Å². The highest BCUT2D eigenvalue weighted by Gasteiger charge is 2.27. The third-order valence-electron chi connectivity index (χ3n) is 4.44. The topological polar surface area (TPSA) is 72.1 Å². The Morgan fingerprint density at radius 3 is 2.83 bits per heavy atom. The van der Waals surface area contributed by atoms with Crippen LogP contribution in [0.15, 0.2) is 4.52 Å². The van der Waals surface area contributed by atoms with Crippen LogP contribution in [0.5, 0.6) is 0 Å². The van der Waals surface area contributed by atoms with Crippen molar-refractivity contribution in [1.29, 1.82) is 0 Å². The number of hydrogen-bond donors (Lipinski definition) is 0. The molecule has 0 aliphatic carbocycles. The van der Waals surface area contributed by atoms with Crippen LogP contribution in [-0.4, -0.2) is 39.3 Å². The molecule has 0 bridgehead atoms. The molecule has 3 heterocycles. The van der Waals surface area contributed by atoms with Gasteiger partial charge in [-0.2, -0.15) is 0 Å². The quantitative estimate of drug-likeness (QED) is 0.860. The first-order valence-electron chi connectivity index (χ1n) is 8.04. The van der Waals surface area contributed by atoms with E-state index in [9.17, 15) is 4.79 Å². The summed E-state index contributed by atoms with van der Waals surface area (Å²) in [5.74, 6) is 1.35. The molecule has 1 aliphatic rings. The normalized spacial score (nSPS) is 18.4. The molecule has 3 rings (SSSR count). The van der Waals surface area contributed by atoms with Gasteiger partial charge in [0.05, 0.1) is 5.69 Å². The van der Waals surface area contributed by atoms with E-state index in [1.165, 1.54) is 0 Å². The van der Waals surface area contributed by atoms with Gasteiger partial charge in [0.1, 0.15) is 15.8 Å². The van der Waals surface area contributed by atoms with Crippen LogP contribution in [-0.2, 0) is 11.2 Å². The number of carbonyl (C=O) groups is 1. The fraction of sp³-hybridized carbons (Fsp3) is 0.625. The van der Waals surface area contributed by atoms with E-state index in [0.29, 0.717) is 18.8 Å². The summed E-state index contributed by atoms with van der Waals surface area (Å²) in [6, 6.07) is 0. The average Bonchev–Trinajstić information content (AvgIpc) is 3.12.